The number of hydrogen-bond acceptors (Lipinski definition) is 4. The number of rotatable bonds is 7. The topological polar surface area (TPSA) is 67.6 Å². The fraction of sp³-hybridized carbons (Fsp3) is 0.611. The van der Waals surface area contributed by atoms with E-state index >= 15 is 0 Å². The maximum atomic E-state index is 11.4. The van der Waals surface area contributed by atoms with E-state index in [-0.39, 0.29) is 24.2 Å². The van der Waals surface area contributed by atoms with Crippen LogP contribution in [0.4, 0.5) is 0 Å². The summed E-state index contributed by atoms with van der Waals surface area (Å²) in [4.78, 5) is 13.8. The molecule has 3 unspecified atom stereocenters. The Morgan fingerprint density at radius 2 is 1.91 bits per heavy atom. The highest BCUT2D eigenvalue weighted by Crippen LogP contribution is 2.17. The molecule has 0 aromatic heterocycles. The first-order valence-corrected chi connectivity index (χ1v) is 8.46. The number of nitrogens with one attached hydrogen (secondary N) is 1. The van der Waals surface area contributed by atoms with Crippen molar-refractivity contribution in [2.75, 3.05) is 13.1 Å². The lowest BCUT2D eigenvalue weighted by Crippen LogP contribution is -2.45. The van der Waals surface area contributed by atoms with Crippen LogP contribution in [0.3, 0.4) is 0 Å². The summed E-state index contributed by atoms with van der Waals surface area (Å²) >= 11 is 0. The van der Waals surface area contributed by atoms with Gasteiger partial charge in [0.15, 0.2) is 0 Å². The molecule has 1 aromatic rings. The Hall–Kier alpha value is -1.43. The highest BCUT2D eigenvalue weighted by Gasteiger charge is 2.22. The summed E-state index contributed by atoms with van der Waals surface area (Å²) in [6.45, 7) is 9.67. The Morgan fingerprint density at radius 1 is 1.30 bits per heavy atom. The Balaban J connectivity index is 2.01. The lowest BCUT2D eigenvalue weighted by molar-refractivity contribution is -0.120. The van der Waals surface area contributed by atoms with Crippen LogP contribution in [0.5, 0.6) is 0 Å². The Morgan fingerprint density at radius 3 is 2.48 bits per heavy atom. The lowest BCUT2D eigenvalue weighted by atomic mass is 10.1. The first-order chi connectivity index (χ1) is 11.0. The van der Waals surface area contributed by atoms with E-state index in [4.69, 9.17) is 10.5 Å². The van der Waals surface area contributed by atoms with Gasteiger partial charge in [0.2, 0.25) is 5.91 Å². The fourth-order valence-corrected chi connectivity index (χ4v) is 3.22. The summed E-state index contributed by atoms with van der Waals surface area (Å²) in [5, 5.41) is 3.26. The zero-order valence-electron chi connectivity index (χ0n) is 14.4. The molecule has 0 saturated carbocycles. The van der Waals surface area contributed by atoms with Crippen LogP contribution >= 0.6 is 0 Å². The van der Waals surface area contributed by atoms with Gasteiger partial charge in [0.1, 0.15) is 0 Å². The fourth-order valence-electron chi connectivity index (χ4n) is 3.22. The SMILES string of the molecule is CCC(NCc1ccccc1CN1CC(C)OC(C)C1)C(N)=O. The van der Waals surface area contributed by atoms with Gasteiger partial charge in [-0.05, 0) is 31.4 Å². The molecule has 5 heteroatoms. The van der Waals surface area contributed by atoms with Crippen LogP contribution in [-0.4, -0.2) is 42.1 Å². The van der Waals surface area contributed by atoms with Crippen molar-refractivity contribution < 1.29 is 9.53 Å². The van der Waals surface area contributed by atoms with Crippen molar-refractivity contribution in [1.29, 1.82) is 0 Å². The number of morpholine rings is 1. The van der Waals surface area contributed by atoms with E-state index in [0.29, 0.717) is 13.0 Å². The summed E-state index contributed by atoms with van der Waals surface area (Å²) in [5.74, 6) is -0.291. The number of carbonyl (C=O) groups is 1. The second kappa shape index (κ2) is 8.43. The van der Waals surface area contributed by atoms with Crippen molar-refractivity contribution in [1.82, 2.24) is 10.2 Å². The predicted molar refractivity (Wildman–Crippen MR) is 91.8 cm³/mol. The van der Waals surface area contributed by atoms with Gasteiger partial charge >= 0.3 is 0 Å². The van der Waals surface area contributed by atoms with Crippen molar-refractivity contribution >= 4 is 5.91 Å². The molecule has 0 bridgehead atoms. The summed E-state index contributed by atoms with van der Waals surface area (Å²) in [5.41, 5.74) is 7.92. The zero-order valence-corrected chi connectivity index (χ0v) is 14.4. The molecule has 2 rings (SSSR count). The predicted octanol–water partition coefficient (Wildman–Crippen LogP) is 1.65. The summed E-state index contributed by atoms with van der Waals surface area (Å²) in [6, 6.07) is 8.11. The van der Waals surface area contributed by atoms with Crippen molar-refractivity contribution in [3.8, 4) is 0 Å². The van der Waals surface area contributed by atoms with Crippen LogP contribution in [0.1, 0.15) is 38.3 Å². The molecule has 23 heavy (non-hydrogen) atoms. The molecular weight excluding hydrogens is 290 g/mol. The summed E-state index contributed by atoms with van der Waals surface area (Å²) < 4.78 is 5.80. The molecule has 0 radical (unpaired) electrons. The number of carbonyl (C=O) groups excluding carboxylic acids is 1. The molecule has 3 atom stereocenters. The van der Waals surface area contributed by atoms with Crippen molar-refractivity contribution in [2.45, 2.75) is 58.5 Å². The number of benzene rings is 1. The molecule has 1 aromatic carbocycles. The third-order valence-electron chi connectivity index (χ3n) is 4.30. The van der Waals surface area contributed by atoms with Crippen LogP contribution in [0, 0.1) is 0 Å². The average Bonchev–Trinajstić information content (AvgIpc) is 2.48. The van der Waals surface area contributed by atoms with Crippen LogP contribution in [0.25, 0.3) is 0 Å². The van der Waals surface area contributed by atoms with E-state index < -0.39 is 0 Å². The minimum absolute atomic E-state index is 0.267. The van der Waals surface area contributed by atoms with Gasteiger partial charge in [0.05, 0.1) is 18.2 Å². The third-order valence-corrected chi connectivity index (χ3v) is 4.30. The largest absolute Gasteiger partial charge is 0.373 e. The van der Waals surface area contributed by atoms with E-state index in [1.807, 2.05) is 13.0 Å². The van der Waals surface area contributed by atoms with E-state index in [1.54, 1.807) is 0 Å². The van der Waals surface area contributed by atoms with Crippen molar-refractivity contribution in [3.05, 3.63) is 35.4 Å². The zero-order chi connectivity index (χ0) is 16.8. The molecule has 3 N–H and O–H groups in total. The molecule has 0 aliphatic carbocycles. The summed E-state index contributed by atoms with van der Waals surface area (Å²) in [7, 11) is 0. The van der Waals surface area contributed by atoms with E-state index in [2.05, 4.69) is 42.3 Å². The standard InChI is InChI=1S/C18H29N3O2/c1-4-17(18(19)22)20-9-15-7-5-6-8-16(15)12-21-10-13(2)23-14(3)11-21/h5-8,13-14,17,20H,4,9-12H2,1-3H3,(H2,19,22). The monoisotopic (exact) mass is 319 g/mol. The molecule has 1 fully saturated rings. The number of nitrogens with zero attached hydrogens (tertiary/aromatic N) is 1. The molecule has 1 saturated heterocycles. The second-order valence-corrected chi connectivity index (χ2v) is 6.46. The first-order valence-electron chi connectivity index (χ1n) is 8.46. The highest BCUT2D eigenvalue weighted by atomic mass is 16.5. The van der Waals surface area contributed by atoms with Crippen LogP contribution < -0.4 is 11.1 Å². The normalized spacial score (nSPS) is 23.6. The highest BCUT2D eigenvalue weighted by molar-refractivity contribution is 5.79. The first kappa shape index (κ1) is 17.9. The number of primary amides is 1. The molecule has 1 aliphatic heterocycles. The Bertz CT molecular complexity index is 511. The average molecular weight is 319 g/mol. The van der Waals surface area contributed by atoms with Crippen LogP contribution in [0.15, 0.2) is 24.3 Å². The second-order valence-electron chi connectivity index (χ2n) is 6.46. The van der Waals surface area contributed by atoms with Crippen LogP contribution in [-0.2, 0) is 22.6 Å². The molecule has 0 spiro atoms. The number of nitrogens with two attached hydrogens (primary N) is 1. The molecule has 1 aliphatic rings. The summed E-state index contributed by atoms with van der Waals surface area (Å²) in [6.07, 6.45) is 1.24. The quantitative estimate of drug-likeness (QED) is 0.802. The van der Waals surface area contributed by atoms with Gasteiger partial charge in [0.25, 0.3) is 0 Å². The van der Waals surface area contributed by atoms with Gasteiger partial charge in [-0.2, -0.15) is 0 Å². The molecular formula is C18H29N3O2. The van der Waals surface area contributed by atoms with E-state index in [9.17, 15) is 4.79 Å². The number of amides is 1. The Labute approximate surface area is 139 Å². The molecule has 5 nitrogen and oxygen atoms in total. The van der Waals surface area contributed by atoms with Crippen molar-refractivity contribution in [3.63, 3.8) is 0 Å². The van der Waals surface area contributed by atoms with Gasteiger partial charge in [-0.25, -0.2) is 0 Å². The van der Waals surface area contributed by atoms with Gasteiger partial charge in [-0.3, -0.25) is 9.69 Å². The van der Waals surface area contributed by atoms with Gasteiger partial charge in [-0.1, -0.05) is 31.2 Å². The molecule has 1 heterocycles. The smallest absolute Gasteiger partial charge is 0.234 e. The maximum Gasteiger partial charge on any atom is 0.234 e. The third kappa shape index (κ3) is 5.30. The minimum Gasteiger partial charge on any atom is -0.373 e. The lowest BCUT2D eigenvalue weighted by Gasteiger charge is -2.35. The van der Waals surface area contributed by atoms with Gasteiger partial charge < -0.3 is 15.8 Å². The van der Waals surface area contributed by atoms with E-state index in [1.165, 1.54) is 11.1 Å². The number of ether oxygens (including phenoxy) is 1. The maximum absolute atomic E-state index is 11.4. The van der Waals surface area contributed by atoms with E-state index in [0.717, 1.165) is 19.6 Å². The van der Waals surface area contributed by atoms with Crippen LogP contribution in [0.2, 0.25) is 0 Å². The van der Waals surface area contributed by atoms with Gasteiger partial charge in [-0.15, -0.1) is 0 Å². The molecule has 1 amide bonds. The minimum atomic E-state index is -0.291. The van der Waals surface area contributed by atoms with Crippen molar-refractivity contribution in [2.24, 2.45) is 5.73 Å². The van der Waals surface area contributed by atoms with Gasteiger partial charge in [0, 0.05) is 26.2 Å². The number of hydrogen-bond donors (Lipinski definition) is 2. The Kier molecular flexibility index (Phi) is 6.57. The molecule has 128 valence electrons.